The third kappa shape index (κ3) is 3.18. The molecule has 110 valence electrons. The third-order valence-electron chi connectivity index (χ3n) is 3.10. The van der Waals surface area contributed by atoms with Gasteiger partial charge in [-0.15, -0.1) is 0 Å². The Morgan fingerprint density at radius 2 is 2.05 bits per heavy atom. The summed E-state index contributed by atoms with van der Waals surface area (Å²) in [5, 5.41) is 9.70. The lowest BCUT2D eigenvalue weighted by molar-refractivity contribution is -0.135. The molecule has 0 radical (unpaired) electrons. The molecular weight excluding hydrogens is 302 g/mol. The number of rotatable bonds is 4. The number of para-hydroxylation sites is 2. The number of aliphatic carboxylic acids is 1. The van der Waals surface area contributed by atoms with E-state index in [0.29, 0.717) is 27.6 Å². The fourth-order valence-corrected chi connectivity index (χ4v) is 2.36. The van der Waals surface area contributed by atoms with E-state index in [-0.39, 0.29) is 6.42 Å². The van der Waals surface area contributed by atoms with Crippen LogP contribution in [0, 0.1) is 0 Å². The summed E-state index contributed by atoms with van der Waals surface area (Å²) in [4.78, 5) is 15.5. The van der Waals surface area contributed by atoms with Gasteiger partial charge in [-0.3, -0.25) is 4.79 Å². The predicted octanol–water partition coefficient (Wildman–Crippen LogP) is 4.50. The van der Waals surface area contributed by atoms with Gasteiger partial charge in [0.2, 0.25) is 5.89 Å². The molecule has 0 unspecified atom stereocenters. The van der Waals surface area contributed by atoms with Crippen LogP contribution in [0.25, 0.3) is 22.7 Å². The van der Waals surface area contributed by atoms with Crippen molar-refractivity contribution in [2.75, 3.05) is 0 Å². The van der Waals surface area contributed by atoms with Crippen LogP contribution in [0.5, 0.6) is 0 Å². The number of carbonyl (C=O) groups is 1. The van der Waals surface area contributed by atoms with Crippen LogP contribution < -0.4 is 0 Å². The van der Waals surface area contributed by atoms with E-state index >= 15 is 0 Å². The highest BCUT2D eigenvalue weighted by atomic mass is 35.5. The van der Waals surface area contributed by atoms with Crippen LogP contribution in [0.2, 0.25) is 5.02 Å². The van der Waals surface area contributed by atoms with Crippen molar-refractivity contribution in [3.05, 3.63) is 65.0 Å². The van der Waals surface area contributed by atoms with Gasteiger partial charge >= 0.3 is 5.97 Å². The van der Waals surface area contributed by atoms with E-state index < -0.39 is 5.97 Å². The molecule has 2 aromatic carbocycles. The number of aromatic nitrogens is 1. The summed E-state index contributed by atoms with van der Waals surface area (Å²) in [6.45, 7) is 0. The van der Waals surface area contributed by atoms with Crippen LogP contribution in [-0.4, -0.2) is 16.1 Å². The highest BCUT2D eigenvalue weighted by Gasteiger charge is 2.14. The molecule has 0 amide bonds. The van der Waals surface area contributed by atoms with Gasteiger partial charge in [-0.05, 0) is 35.9 Å². The molecule has 0 spiro atoms. The van der Waals surface area contributed by atoms with Crippen molar-refractivity contribution in [2.24, 2.45) is 0 Å². The number of fused-ring (bicyclic) bond motifs is 1. The minimum Gasteiger partial charge on any atom is -0.481 e. The Bertz CT molecular complexity index is 834. The number of oxazole rings is 1. The second-order valence-corrected chi connectivity index (χ2v) is 5.22. The smallest absolute Gasteiger partial charge is 0.308 e. The lowest BCUT2D eigenvalue weighted by Crippen LogP contribution is -1.97. The van der Waals surface area contributed by atoms with Gasteiger partial charge in [-0.2, -0.15) is 0 Å². The van der Waals surface area contributed by atoms with Gasteiger partial charge in [0.1, 0.15) is 5.52 Å². The van der Waals surface area contributed by atoms with Crippen molar-refractivity contribution in [2.45, 2.75) is 6.42 Å². The zero-order chi connectivity index (χ0) is 15.5. The normalized spacial score (nSPS) is 11.8. The van der Waals surface area contributed by atoms with E-state index in [1.54, 1.807) is 30.3 Å². The summed E-state index contributed by atoms with van der Waals surface area (Å²) in [6, 6.07) is 14.5. The van der Waals surface area contributed by atoms with Crippen molar-refractivity contribution >= 4 is 40.3 Å². The first-order valence-electron chi connectivity index (χ1n) is 6.66. The molecule has 0 aliphatic heterocycles. The van der Waals surface area contributed by atoms with E-state index in [9.17, 15) is 4.79 Å². The fourth-order valence-electron chi connectivity index (χ4n) is 2.16. The Morgan fingerprint density at radius 3 is 2.77 bits per heavy atom. The molecule has 3 aromatic rings. The van der Waals surface area contributed by atoms with Crippen molar-refractivity contribution in [3.8, 4) is 0 Å². The summed E-state index contributed by atoms with van der Waals surface area (Å²) in [5.41, 5.74) is 2.61. The van der Waals surface area contributed by atoms with Gasteiger partial charge in [0.15, 0.2) is 5.58 Å². The number of nitrogens with zero attached hydrogens (tertiary/aromatic N) is 1. The molecule has 0 saturated heterocycles. The molecule has 1 N–H and O–H groups in total. The van der Waals surface area contributed by atoms with Crippen molar-refractivity contribution in [3.63, 3.8) is 0 Å². The number of halogens is 1. The van der Waals surface area contributed by atoms with Crippen molar-refractivity contribution < 1.29 is 14.3 Å². The highest BCUT2D eigenvalue weighted by molar-refractivity contribution is 6.30. The molecule has 0 atom stereocenters. The van der Waals surface area contributed by atoms with Crippen molar-refractivity contribution in [1.82, 2.24) is 4.98 Å². The highest BCUT2D eigenvalue weighted by Crippen LogP contribution is 2.26. The largest absolute Gasteiger partial charge is 0.481 e. The maximum absolute atomic E-state index is 11.1. The van der Waals surface area contributed by atoms with E-state index in [0.717, 1.165) is 5.56 Å². The standard InChI is InChI=1S/C17H12ClNO3/c18-13-5-3-4-11(9-13)8-12(10-16(20)21)17-19-14-6-1-2-7-15(14)22-17/h1-9H,10H2,(H,20,21). The van der Waals surface area contributed by atoms with E-state index in [1.165, 1.54) is 0 Å². The predicted molar refractivity (Wildman–Crippen MR) is 85.6 cm³/mol. The van der Waals surface area contributed by atoms with Crippen LogP contribution in [0.15, 0.2) is 52.9 Å². The molecule has 1 heterocycles. The number of carboxylic acid groups (broad SMARTS) is 1. The zero-order valence-electron chi connectivity index (χ0n) is 11.5. The third-order valence-corrected chi connectivity index (χ3v) is 3.33. The Morgan fingerprint density at radius 1 is 1.23 bits per heavy atom. The molecule has 5 heteroatoms. The lowest BCUT2D eigenvalue weighted by atomic mass is 10.1. The first kappa shape index (κ1) is 14.4. The fraction of sp³-hybridized carbons (Fsp3) is 0.0588. The molecule has 0 fully saturated rings. The molecule has 4 nitrogen and oxygen atoms in total. The van der Waals surface area contributed by atoms with Crippen LogP contribution >= 0.6 is 11.6 Å². The monoisotopic (exact) mass is 313 g/mol. The molecular formula is C17H12ClNO3. The van der Waals surface area contributed by atoms with E-state index in [1.807, 2.05) is 24.3 Å². The summed E-state index contributed by atoms with van der Waals surface area (Å²) in [7, 11) is 0. The number of carboxylic acids is 1. The maximum Gasteiger partial charge on any atom is 0.308 e. The van der Waals surface area contributed by atoms with Gasteiger partial charge in [-0.1, -0.05) is 35.9 Å². The first-order chi connectivity index (χ1) is 10.6. The summed E-state index contributed by atoms with van der Waals surface area (Å²) < 4.78 is 5.66. The topological polar surface area (TPSA) is 63.3 Å². The summed E-state index contributed by atoms with van der Waals surface area (Å²) in [6.07, 6.45) is 1.55. The van der Waals surface area contributed by atoms with E-state index in [2.05, 4.69) is 4.98 Å². The second-order valence-electron chi connectivity index (χ2n) is 4.78. The molecule has 0 bridgehead atoms. The molecule has 0 aliphatic rings. The van der Waals surface area contributed by atoms with Crippen LogP contribution in [-0.2, 0) is 4.79 Å². The summed E-state index contributed by atoms with van der Waals surface area (Å²) >= 11 is 5.96. The van der Waals surface area contributed by atoms with Gasteiger partial charge < -0.3 is 9.52 Å². The summed E-state index contributed by atoms with van der Waals surface area (Å²) in [5.74, 6) is -0.640. The minimum atomic E-state index is -0.949. The molecule has 0 saturated carbocycles. The maximum atomic E-state index is 11.1. The van der Waals surface area contributed by atoms with Crippen LogP contribution in [0.4, 0.5) is 0 Å². The average molecular weight is 314 g/mol. The molecule has 3 rings (SSSR count). The number of hydrogen-bond donors (Lipinski definition) is 1. The minimum absolute atomic E-state index is 0.181. The zero-order valence-corrected chi connectivity index (χ0v) is 12.2. The van der Waals surface area contributed by atoms with Crippen LogP contribution in [0.3, 0.4) is 0 Å². The van der Waals surface area contributed by atoms with E-state index in [4.69, 9.17) is 21.1 Å². The molecule has 0 aliphatic carbocycles. The van der Waals surface area contributed by atoms with Gasteiger partial charge in [0.25, 0.3) is 0 Å². The molecule has 1 aromatic heterocycles. The SMILES string of the molecule is O=C(O)CC(=Cc1cccc(Cl)c1)c1nc2ccccc2o1. The lowest BCUT2D eigenvalue weighted by Gasteiger charge is -2.01. The van der Waals surface area contributed by atoms with Crippen LogP contribution in [0.1, 0.15) is 17.9 Å². The Labute approximate surface area is 131 Å². The first-order valence-corrected chi connectivity index (χ1v) is 7.03. The molecule has 22 heavy (non-hydrogen) atoms. The van der Waals surface area contributed by atoms with Gasteiger partial charge in [-0.25, -0.2) is 4.98 Å². The number of hydrogen-bond acceptors (Lipinski definition) is 3. The Kier molecular flexibility index (Phi) is 3.94. The number of benzene rings is 2. The van der Waals surface area contributed by atoms with Gasteiger partial charge in [0.05, 0.1) is 6.42 Å². The second kappa shape index (κ2) is 6.03. The van der Waals surface area contributed by atoms with Crippen molar-refractivity contribution in [1.29, 1.82) is 0 Å². The quantitative estimate of drug-likeness (QED) is 0.770. The average Bonchev–Trinajstić information content (AvgIpc) is 2.90. The van der Waals surface area contributed by atoms with Gasteiger partial charge in [0, 0.05) is 10.6 Å². The Hall–Kier alpha value is -2.59. The Balaban J connectivity index is 2.07.